The molecule has 0 saturated carbocycles. The molecule has 4 aromatic rings. The van der Waals surface area contributed by atoms with E-state index >= 15 is 0 Å². The molecule has 3 aromatic carbocycles. The highest BCUT2D eigenvalue weighted by Gasteiger charge is 2.13. The standard InChI is InChI=1S/C27H27N3O4S/c1-33-20-13-11-19(12-14-20)29-26(31)18-35-25-17-30(23-9-5-3-7-21(23)25)16-15-28-27(32)22-8-4-6-10-24(22)34-2/h3-14,17H,15-16,18H2,1-2H3,(H,28,32)(H,29,31). The first-order chi connectivity index (χ1) is 17.1. The molecule has 1 aromatic heterocycles. The number of amides is 2. The third-order valence-corrected chi connectivity index (χ3v) is 6.52. The zero-order chi connectivity index (χ0) is 24.6. The highest BCUT2D eigenvalue weighted by Crippen LogP contribution is 2.30. The maximum Gasteiger partial charge on any atom is 0.255 e. The molecular weight excluding hydrogens is 462 g/mol. The topological polar surface area (TPSA) is 81.6 Å². The van der Waals surface area contributed by atoms with Crippen molar-refractivity contribution < 1.29 is 19.1 Å². The third-order valence-electron chi connectivity index (χ3n) is 5.47. The van der Waals surface area contributed by atoms with E-state index in [1.54, 1.807) is 26.4 Å². The van der Waals surface area contributed by atoms with Crippen molar-refractivity contribution >= 4 is 40.2 Å². The number of rotatable bonds is 10. The quantitative estimate of drug-likeness (QED) is 0.312. The molecule has 4 rings (SSSR count). The molecule has 2 amide bonds. The molecular formula is C27H27N3O4S. The molecule has 0 atom stereocenters. The Balaban J connectivity index is 1.37. The van der Waals surface area contributed by atoms with Crippen LogP contribution in [0.1, 0.15) is 10.4 Å². The maximum absolute atomic E-state index is 12.6. The van der Waals surface area contributed by atoms with Crippen LogP contribution in [0.25, 0.3) is 10.9 Å². The summed E-state index contributed by atoms with van der Waals surface area (Å²) >= 11 is 1.49. The fourth-order valence-corrected chi connectivity index (χ4v) is 4.63. The second kappa shape index (κ2) is 11.5. The third kappa shape index (κ3) is 5.96. The van der Waals surface area contributed by atoms with Gasteiger partial charge in [-0.3, -0.25) is 9.59 Å². The van der Waals surface area contributed by atoms with Crippen molar-refractivity contribution in [3.63, 3.8) is 0 Å². The van der Waals surface area contributed by atoms with Crippen molar-refractivity contribution in [1.29, 1.82) is 0 Å². The van der Waals surface area contributed by atoms with Crippen molar-refractivity contribution in [2.24, 2.45) is 0 Å². The average Bonchev–Trinajstić information content (AvgIpc) is 3.25. The van der Waals surface area contributed by atoms with Gasteiger partial charge in [-0.2, -0.15) is 0 Å². The van der Waals surface area contributed by atoms with E-state index in [-0.39, 0.29) is 17.6 Å². The van der Waals surface area contributed by atoms with E-state index in [4.69, 9.17) is 9.47 Å². The second-order valence-corrected chi connectivity index (χ2v) is 8.74. The van der Waals surface area contributed by atoms with Gasteiger partial charge in [0.15, 0.2) is 0 Å². The Morgan fingerprint density at radius 2 is 1.66 bits per heavy atom. The molecule has 35 heavy (non-hydrogen) atoms. The van der Waals surface area contributed by atoms with Gasteiger partial charge >= 0.3 is 0 Å². The summed E-state index contributed by atoms with van der Waals surface area (Å²) in [4.78, 5) is 26.1. The van der Waals surface area contributed by atoms with E-state index in [0.717, 1.165) is 27.2 Å². The molecule has 180 valence electrons. The number of ether oxygens (including phenoxy) is 2. The second-order valence-electron chi connectivity index (χ2n) is 7.73. The van der Waals surface area contributed by atoms with Gasteiger partial charge < -0.3 is 24.7 Å². The predicted molar refractivity (Wildman–Crippen MR) is 140 cm³/mol. The normalized spacial score (nSPS) is 10.7. The van der Waals surface area contributed by atoms with Crippen LogP contribution in [0.3, 0.4) is 0 Å². The van der Waals surface area contributed by atoms with Crippen molar-refractivity contribution in [2.75, 3.05) is 31.8 Å². The van der Waals surface area contributed by atoms with Gasteiger partial charge in [0, 0.05) is 40.8 Å². The molecule has 0 aliphatic rings. The maximum atomic E-state index is 12.6. The summed E-state index contributed by atoms with van der Waals surface area (Å²) < 4.78 is 12.5. The van der Waals surface area contributed by atoms with Gasteiger partial charge in [0.1, 0.15) is 11.5 Å². The van der Waals surface area contributed by atoms with Crippen molar-refractivity contribution in [3.05, 3.63) is 84.6 Å². The number of methoxy groups -OCH3 is 2. The largest absolute Gasteiger partial charge is 0.497 e. The lowest BCUT2D eigenvalue weighted by atomic mass is 10.2. The number of para-hydroxylation sites is 2. The minimum atomic E-state index is -0.177. The fourth-order valence-electron chi connectivity index (χ4n) is 3.75. The lowest BCUT2D eigenvalue weighted by molar-refractivity contribution is -0.113. The van der Waals surface area contributed by atoms with Crippen LogP contribution in [0.4, 0.5) is 5.69 Å². The van der Waals surface area contributed by atoms with Gasteiger partial charge in [-0.25, -0.2) is 0 Å². The van der Waals surface area contributed by atoms with Crippen LogP contribution < -0.4 is 20.1 Å². The Morgan fingerprint density at radius 3 is 2.43 bits per heavy atom. The minimum absolute atomic E-state index is 0.0823. The number of carbonyl (C=O) groups excluding carboxylic acids is 2. The van der Waals surface area contributed by atoms with Crippen molar-refractivity contribution in [3.8, 4) is 11.5 Å². The Labute approximate surface area is 208 Å². The highest BCUT2D eigenvalue weighted by atomic mass is 32.2. The van der Waals surface area contributed by atoms with E-state index in [9.17, 15) is 9.59 Å². The number of aromatic nitrogens is 1. The Bertz CT molecular complexity index is 1320. The monoisotopic (exact) mass is 489 g/mol. The number of anilines is 1. The molecule has 0 radical (unpaired) electrons. The molecule has 2 N–H and O–H groups in total. The van der Waals surface area contributed by atoms with Crippen LogP contribution in [-0.2, 0) is 11.3 Å². The van der Waals surface area contributed by atoms with Gasteiger partial charge in [0.25, 0.3) is 5.91 Å². The van der Waals surface area contributed by atoms with Gasteiger partial charge in [0.05, 0.1) is 25.5 Å². The van der Waals surface area contributed by atoms with E-state index in [1.807, 2.05) is 66.9 Å². The SMILES string of the molecule is COc1ccc(NC(=O)CSc2cn(CCNC(=O)c3ccccc3OC)c3ccccc23)cc1. The Kier molecular flexibility index (Phi) is 7.95. The van der Waals surface area contributed by atoms with Crippen LogP contribution in [0.15, 0.2) is 83.9 Å². The lowest BCUT2D eigenvalue weighted by Crippen LogP contribution is -2.27. The molecule has 0 fully saturated rings. The Hall–Kier alpha value is -3.91. The molecule has 8 heteroatoms. The number of hydrogen-bond donors (Lipinski definition) is 2. The lowest BCUT2D eigenvalue weighted by Gasteiger charge is -2.10. The van der Waals surface area contributed by atoms with Crippen LogP contribution >= 0.6 is 11.8 Å². The highest BCUT2D eigenvalue weighted by molar-refractivity contribution is 8.00. The van der Waals surface area contributed by atoms with Gasteiger partial charge in [0.2, 0.25) is 5.91 Å². The van der Waals surface area contributed by atoms with Gasteiger partial charge in [-0.15, -0.1) is 11.8 Å². The van der Waals surface area contributed by atoms with Crippen molar-refractivity contribution in [2.45, 2.75) is 11.4 Å². The summed E-state index contributed by atoms with van der Waals surface area (Å²) in [6.07, 6.45) is 2.03. The van der Waals surface area contributed by atoms with Crippen LogP contribution in [0.5, 0.6) is 11.5 Å². The molecule has 0 saturated heterocycles. The summed E-state index contributed by atoms with van der Waals surface area (Å²) in [5.41, 5.74) is 2.29. The van der Waals surface area contributed by atoms with Crippen LogP contribution in [0.2, 0.25) is 0 Å². The van der Waals surface area contributed by atoms with E-state index in [1.165, 1.54) is 11.8 Å². The molecule has 1 heterocycles. The molecule has 0 unspecified atom stereocenters. The summed E-state index contributed by atoms with van der Waals surface area (Å²) in [6, 6.07) is 22.4. The first-order valence-corrected chi connectivity index (χ1v) is 12.1. The molecule has 0 aliphatic heterocycles. The first kappa shape index (κ1) is 24.2. The summed E-state index contributed by atoms with van der Waals surface area (Å²) in [5.74, 6) is 1.31. The van der Waals surface area contributed by atoms with Gasteiger partial charge in [-0.05, 0) is 42.5 Å². The zero-order valence-corrected chi connectivity index (χ0v) is 20.4. The smallest absolute Gasteiger partial charge is 0.255 e. The molecule has 0 aliphatic carbocycles. The zero-order valence-electron chi connectivity index (χ0n) is 19.6. The summed E-state index contributed by atoms with van der Waals surface area (Å²) in [7, 11) is 3.16. The summed E-state index contributed by atoms with van der Waals surface area (Å²) in [5, 5.41) is 6.95. The number of nitrogens with zero attached hydrogens (tertiary/aromatic N) is 1. The minimum Gasteiger partial charge on any atom is -0.497 e. The number of benzene rings is 3. The summed E-state index contributed by atoms with van der Waals surface area (Å²) in [6.45, 7) is 1.05. The predicted octanol–water partition coefficient (Wildman–Crippen LogP) is 4.82. The van der Waals surface area contributed by atoms with Crippen molar-refractivity contribution in [1.82, 2.24) is 9.88 Å². The van der Waals surface area contributed by atoms with Crippen LogP contribution in [-0.4, -0.2) is 42.9 Å². The van der Waals surface area contributed by atoms with E-state index in [2.05, 4.69) is 15.2 Å². The number of thioether (sulfide) groups is 1. The average molecular weight is 490 g/mol. The fraction of sp³-hybridized carbons (Fsp3) is 0.185. The number of fused-ring (bicyclic) bond motifs is 1. The first-order valence-electron chi connectivity index (χ1n) is 11.1. The van der Waals surface area contributed by atoms with Crippen LogP contribution in [0, 0.1) is 0 Å². The number of hydrogen-bond acceptors (Lipinski definition) is 5. The van der Waals surface area contributed by atoms with E-state index < -0.39 is 0 Å². The molecule has 7 nitrogen and oxygen atoms in total. The molecule has 0 spiro atoms. The number of nitrogens with one attached hydrogen (secondary N) is 2. The number of carbonyl (C=O) groups is 2. The molecule has 0 bridgehead atoms. The van der Waals surface area contributed by atoms with Gasteiger partial charge in [-0.1, -0.05) is 30.3 Å². The Morgan fingerprint density at radius 1 is 0.914 bits per heavy atom. The van der Waals surface area contributed by atoms with E-state index in [0.29, 0.717) is 24.4 Å².